The maximum atomic E-state index is 6.18. The number of likely N-dealkylation sites (tertiary alicyclic amines) is 1. The third-order valence-corrected chi connectivity index (χ3v) is 4.71. The van der Waals surface area contributed by atoms with Gasteiger partial charge in [0.25, 0.3) is 0 Å². The summed E-state index contributed by atoms with van der Waals surface area (Å²) in [5.41, 5.74) is 2.22. The SMILES string of the molecule is CCN1CCC(Nc2cc(Cl)c(C)cc2Br)CC1. The Morgan fingerprint density at radius 2 is 2.06 bits per heavy atom. The minimum atomic E-state index is 0.558. The van der Waals surface area contributed by atoms with Crippen LogP contribution in [0.5, 0.6) is 0 Å². The van der Waals surface area contributed by atoms with Crippen LogP contribution in [0, 0.1) is 6.92 Å². The van der Waals surface area contributed by atoms with E-state index >= 15 is 0 Å². The van der Waals surface area contributed by atoms with Crippen molar-refractivity contribution in [2.24, 2.45) is 0 Å². The lowest BCUT2D eigenvalue weighted by molar-refractivity contribution is 0.229. The van der Waals surface area contributed by atoms with Gasteiger partial charge in [-0.15, -0.1) is 0 Å². The molecule has 2 rings (SSSR count). The normalized spacial score (nSPS) is 18.0. The first-order valence-electron chi connectivity index (χ1n) is 6.54. The zero-order valence-corrected chi connectivity index (χ0v) is 13.3. The topological polar surface area (TPSA) is 15.3 Å². The van der Waals surface area contributed by atoms with E-state index in [9.17, 15) is 0 Å². The molecule has 1 aromatic carbocycles. The fourth-order valence-corrected chi connectivity index (χ4v) is 3.11. The molecule has 0 radical (unpaired) electrons. The van der Waals surface area contributed by atoms with Crippen LogP contribution in [0.2, 0.25) is 5.02 Å². The number of rotatable bonds is 3. The van der Waals surface area contributed by atoms with Gasteiger partial charge in [-0.25, -0.2) is 0 Å². The van der Waals surface area contributed by atoms with Crippen LogP contribution in [0.3, 0.4) is 0 Å². The van der Waals surface area contributed by atoms with Crippen LogP contribution in [0.1, 0.15) is 25.3 Å². The summed E-state index contributed by atoms with van der Waals surface area (Å²) in [6.07, 6.45) is 2.40. The molecule has 1 heterocycles. The Hall–Kier alpha value is -0.250. The summed E-state index contributed by atoms with van der Waals surface area (Å²) >= 11 is 9.78. The van der Waals surface area contributed by atoms with Gasteiger partial charge in [0.1, 0.15) is 0 Å². The highest BCUT2D eigenvalue weighted by Crippen LogP contribution is 2.30. The quantitative estimate of drug-likeness (QED) is 0.888. The number of piperidine rings is 1. The van der Waals surface area contributed by atoms with Crippen LogP contribution in [0.15, 0.2) is 16.6 Å². The Balaban J connectivity index is 2.00. The van der Waals surface area contributed by atoms with Crippen molar-refractivity contribution in [1.29, 1.82) is 0 Å². The van der Waals surface area contributed by atoms with E-state index in [1.807, 2.05) is 13.0 Å². The van der Waals surface area contributed by atoms with Crippen LogP contribution < -0.4 is 5.32 Å². The fraction of sp³-hybridized carbons (Fsp3) is 0.571. The minimum absolute atomic E-state index is 0.558. The third-order valence-electron chi connectivity index (χ3n) is 3.64. The summed E-state index contributed by atoms with van der Waals surface area (Å²) in [4.78, 5) is 2.50. The summed E-state index contributed by atoms with van der Waals surface area (Å²) in [7, 11) is 0. The predicted molar refractivity (Wildman–Crippen MR) is 82.6 cm³/mol. The van der Waals surface area contributed by atoms with Crippen molar-refractivity contribution >= 4 is 33.2 Å². The van der Waals surface area contributed by atoms with E-state index in [1.165, 1.54) is 25.9 Å². The van der Waals surface area contributed by atoms with Crippen molar-refractivity contribution in [3.05, 3.63) is 27.2 Å². The van der Waals surface area contributed by atoms with Crippen molar-refractivity contribution in [3.63, 3.8) is 0 Å². The van der Waals surface area contributed by atoms with E-state index in [0.717, 1.165) is 27.3 Å². The molecule has 1 N–H and O–H groups in total. The Bertz CT molecular complexity index is 415. The number of aryl methyl sites for hydroxylation is 1. The summed E-state index contributed by atoms with van der Waals surface area (Å²) in [5, 5.41) is 4.43. The highest BCUT2D eigenvalue weighted by molar-refractivity contribution is 9.10. The lowest BCUT2D eigenvalue weighted by Crippen LogP contribution is -2.38. The second-order valence-electron chi connectivity index (χ2n) is 4.93. The number of hydrogen-bond acceptors (Lipinski definition) is 2. The molecule has 0 saturated carbocycles. The van der Waals surface area contributed by atoms with Gasteiger partial charge >= 0.3 is 0 Å². The van der Waals surface area contributed by atoms with Crippen molar-refractivity contribution < 1.29 is 0 Å². The maximum absolute atomic E-state index is 6.18. The molecule has 1 fully saturated rings. The van der Waals surface area contributed by atoms with Gasteiger partial charge in [-0.3, -0.25) is 0 Å². The number of nitrogens with one attached hydrogen (secondary N) is 1. The Morgan fingerprint density at radius 3 is 2.67 bits per heavy atom. The van der Waals surface area contributed by atoms with Crippen molar-refractivity contribution in [1.82, 2.24) is 4.90 Å². The molecule has 4 heteroatoms. The molecule has 0 atom stereocenters. The average Bonchev–Trinajstić information content (AvgIpc) is 2.37. The molecule has 100 valence electrons. The molecule has 1 aliphatic heterocycles. The molecule has 0 aromatic heterocycles. The maximum Gasteiger partial charge on any atom is 0.0501 e. The summed E-state index contributed by atoms with van der Waals surface area (Å²) in [6, 6.07) is 4.65. The first-order valence-corrected chi connectivity index (χ1v) is 7.71. The van der Waals surface area contributed by atoms with Crippen molar-refractivity contribution in [2.75, 3.05) is 25.0 Å². The smallest absolute Gasteiger partial charge is 0.0501 e. The third kappa shape index (κ3) is 3.40. The fourth-order valence-electron chi connectivity index (χ4n) is 2.37. The second-order valence-corrected chi connectivity index (χ2v) is 6.20. The number of hydrogen-bond donors (Lipinski definition) is 1. The Labute approximate surface area is 123 Å². The summed E-state index contributed by atoms with van der Waals surface area (Å²) < 4.78 is 1.10. The van der Waals surface area contributed by atoms with Gasteiger partial charge in [-0.1, -0.05) is 18.5 Å². The lowest BCUT2D eigenvalue weighted by atomic mass is 10.0. The lowest BCUT2D eigenvalue weighted by Gasteiger charge is -2.32. The van der Waals surface area contributed by atoms with E-state index in [1.54, 1.807) is 0 Å². The largest absolute Gasteiger partial charge is 0.381 e. The molecule has 0 amide bonds. The van der Waals surface area contributed by atoms with Gasteiger partial charge in [0, 0.05) is 28.6 Å². The van der Waals surface area contributed by atoms with Gasteiger partial charge in [-0.2, -0.15) is 0 Å². The van der Waals surface area contributed by atoms with E-state index < -0.39 is 0 Å². The average molecular weight is 332 g/mol. The van der Waals surface area contributed by atoms with Crippen molar-refractivity contribution in [2.45, 2.75) is 32.7 Å². The van der Waals surface area contributed by atoms with E-state index in [2.05, 4.69) is 39.1 Å². The summed E-state index contributed by atoms with van der Waals surface area (Å²) in [6.45, 7) is 7.78. The van der Waals surface area contributed by atoms with Gasteiger partial charge < -0.3 is 10.2 Å². The molecule has 0 aliphatic carbocycles. The first kappa shape index (κ1) is 14.2. The molecule has 18 heavy (non-hydrogen) atoms. The van der Waals surface area contributed by atoms with Gasteiger partial charge in [0.15, 0.2) is 0 Å². The Kier molecular flexibility index (Phi) is 4.93. The molecular weight excluding hydrogens is 312 g/mol. The van der Waals surface area contributed by atoms with Gasteiger partial charge in [-0.05, 0) is 59.9 Å². The van der Waals surface area contributed by atoms with Gasteiger partial charge in [0.2, 0.25) is 0 Å². The number of nitrogens with zero attached hydrogens (tertiary/aromatic N) is 1. The predicted octanol–water partition coefficient (Wildman–Crippen LogP) is 4.31. The summed E-state index contributed by atoms with van der Waals surface area (Å²) in [5.74, 6) is 0. The Morgan fingerprint density at radius 1 is 1.39 bits per heavy atom. The zero-order valence-electron chi connectivity index (χ0n) is 11.0. The highest BCUT2D eigenvalue weighted by atomic mass is 79.9. The van der Waals surface area contributed by atoms with E-state index in [4.69, 9.17) is 11.6 Å². The number of anilines is 1. The monoisotopic (exact) mass is 330 g/mol. The highest BCUT2D eigenvalue weighted by Gasteiger charge is 2.18. The molecule has 2 nitrogen and oxygen atoms in total. The standard InChI is InChI=1S/C14H20BrClN2/c1-3-18-6-4-11(5-7-18)17-14-9-13(16)10(2)8-12(14)15/h8-9,11,17H,3-7H2,1-2H3. The molecule has 0 spiro atoms. The van der Waals surface area contributed by atoms with Crippen LogP contribution in [-0.4, -0.2) is 30.6 Å². The number of benzene rings is 1. The molecule has 1 saturated heterocycles. The second kappa shape index (κ2) is 6.27. The van der Waals surface area contributed by atoms with Crippen LogP contribution in [0.4, 0.5) is 5.69 Å². The van der Waals surface area contributed by atoms with Crippen LogP contribution in [0.25, 0.3) is 0 Å². The van der Waals surface area contributed by atoms with E-state index in [-0.39, 0.29) is 0 Å². The first-order chi connectivity index (χ1) is 8.60. The molecule has 1 aliphatic rings. The molecule has 0 unspecified atom stereocenters. The molecule has 1 aromatic rings. The number of halogens is 2. The van der Waals surface area contributed by atoms with Crippen molar-refractivity contribution in [3.8, 4) is 0 Å². The van der Waals surface area contributed by atoms with Gasteiger partial charge in [0.05, 0.1) is 5.69 Å². The zero-order chi connectivity index (χ0) is 13.1. The minimum Gasteiger partial charge on any atom is -0.381 e. The van der Waals surface area contributed by atoms with Crippen LogP contribution in [-0.2, 0) is 0 Å². The molecular formula is C14H20BrClN2. The van der Waals surface area contributed by atoms with E-state index in [0.29, 0.717) is 6.04 Å². The molecule has 0 bridgehead atoms. The van der Waals surface area contributed by atoms with Crippen LogP contribution >= 0.6 is 27.5 Å².